The van der Waals surface area contributed by atoms with E-state index in [1.165, 1.54) is 33.4 Å². The molecule has 3 aliphatic rings. The summed E-state index contributed by atoms with van der Waals surface area (Å²) in [6.07, 6.45) is 1.94. The van der Waals surface area contributed by atoms with Gasteiger partial charge >= 0.3 is 0 Å². The third-order valence-corrected chi connectivity index (χ3v) is 7.19. The molecule has 6 heteroatoms. The van der Waals surface area contributed by atoms with Gasteiger partial charge in [-0.2, -0.15) is 0 Å². The molecule has 0 spiro atoms. The van der Waals surface area contributed by atoms with Gasteiger partial charge in [0.2, 0.25) is 5.72 Å². The first-order chi connectivity index (χ1) is 16.0. The van der Waals surface area contributed by atoms with Crippen LogP contribution in [0.15, 0.2) is 46.2 Å². The molecule has 3 heterocycles. The molecule has 0 N–H and O–H groups in total. The van der Waals surface area contributed by atoms with Crippen LogP contribution < -0.4 is 0 Å². The minimum absolute atomic E-state index is 0.0105. The molecule has 0 saturated heterocycles. The Kier molecular flexibility index (Phi) is 5.04. The van der Waals surface area contributed by atoms with E-state index >= 15 is 0 Å². The highest BCUT2D eigenvalue weighted by atomic mass is 16.7. The molecule has 2 aromatic rings. The molecular weight excluding hydrogens is 424 g/mol. The average molecular weight is 459 g/mol. The largest absolute Gasteiger partial charge is 0.384 e. The average Bonchev–Trinajstić information content (AvgIpc) is 3.00. The lowest BCUT2D eigenvalue weighted by molar-refractivity contribution is -0.131. The third-order valence-electron chi connectivity index (χ3n) is 7.19. The maximum absolute atomic E-state index is 6.21. The smallest absolute Gasteiger partial charge is 0.245 e. The fourth-order valence-corrected chi connectivity index (χ4v) is 6.01. The fraction of sp³-hybridized carbons (Fsp3) is 0.429. The molecule has 0 amide bonds. The van der Waals surface area contributed by atoms with Crippen molar-refractivity contribution >= 4 is 11.7 Å². The minimum atomic E-state index is -0.798. The van der Waals surface area contributed by atoms with Crippen molar-refractivity contribution in [2.24, 2.45) is 10.3 Å². The highest BCUT2D eigenvalue weighted by Crippen LogP contribution is 2.41. The van der Waals surface area contributed by atoms with Gasteiger partial charge in [0.05, 0.1) is 6.04 Å². The van der Waals surface area contributed by atoms with Gasteiger partial charge in [0, 0.05) is 18.1 Å². The Morgan fingerprint density at radius 1 is 0.765 bits per heavy atom. The second-order valence-electron chi connectivity index (χ2n) is 10.3. The SMILES string of the molecule is CC1=C[C@@]2(C)ON=C(c3c(C)cc(C)cc3C)N2N2C(c3c(C)cc(C)cc3C)=NO[C@@H]1[C@H]2C. The standard InChI is InChI=1S/C28H34N4O2/c1-15-10-17(3)23(18(4)11-15)26-29-33-25-21(7)14-28(9)32(31(26)22(25)8)27(30-34-28)24-19(5)12-16(2)13-20(24)6/h10-14,22,25H,1-9H3/t22-,25+,28-/m1/s1. The molecule has 3 aliphatic heterocycles. The molecule has 6 nitrogen and oxygen atoms in total. The first kappa shape index (κ1) is 22.5. The van der Waals surface area contributed by atoms with Crippen LogP contribution in [0.1, 0.15) is 65.3 Å². The van der Waals surface area contributed by atoms with Crippen molar-refractivity contribution in [1.82, 2.24) is 10.0 Å². The van der Waals surface area contributed by atoms with Crippen LogP contribution >= 0.6 is 0 Å². The van der Waals surface area contributed by atoms with Gasteiger partial charge in [0.25, 0.3) is 0 Å². The van der Waals surface area contributed by atoms with Crippen molar-refractivity contribution in [2.45, 2.75) is 80.2 Å². The molecule has 2 aromatic carbocycles. The van der Waals surface area contributed by atoms with Crippen molar-refractivity contribution in [3.05, 3.63) is 80.4 Å². The van der Waals surface area contributed by atoms with Gasteiger partial charge in [0.1, 0.15) is 0 Å². The molecule has 3 atom stereocenters. The van der Waals surface area contributed by atoms with Gasteiger partial charge in [0.15, 0.2) is 17.8 Å². The van der Waals surface area contributed by atoms with Crippen molar-refractivity contribution in [2.75, 3.05) is 0 Å². The van der Waals surface area contributed by atoms with Crippen LogP contribution in [0.3, 0.4) is 0 Å². The highest BCUT2D eigenvalue weighted by Gasteiger charge is 2.53. The Morgan fingerprint density at radius 2 is 1.26 bits per heavy atom. The molecule has 0 fully saturated rings. The summed E-state index contributed by atoms with van der Waals surface area (Å²) in [5.41, 5.74) is 9.61. The fourth-order valence-electron chi connectivity index (χ4n) is 6.01. The topological polar surface area (TPSA) is 49.7 Å². The Hall–Kier alpha value is -3.28. The van der Waals surface area contributed by atoms with E-state index in [1.807, 2.05) is 0 Å². The van der Waals surface area contributed by atoms with Crippen LogP contribution in [0.2, 0.25) is 0 Å². The zero-order valence-corrected chi connectivity index (χ0v) is 21.6. The van der Waals surface area contributed by atoms with E-state index in [0.29, 0.717) is 0 Å². The molecule has 0 aromatic heterocycles. The van der Waals surface area contributed by atoms with Crippen molar-refractivity contribution in [3.63, 3.8) is 0 Å². The molecule has 2 bridgehead atoms. The minimum Gasteiger partial charge on any atom is -0.384 e. The number of hydrogen-bond donors (Lipinski definition) is 0. The molecule has 178 valence electrons. The number of rotatable bonds is 2. The number of nitrogens with zero attached hydrogens (tertiary/aromatic N) is 4. The number of aryl methyl sites for hydroxylation is 6. The maximum Gasteiger partial charge on any atom is 0.245 e. The molecule has 0 unspecified atom stereocenters. The number of benzene rings is 2. The van der Waals surface area contributed by atoms with Gasteiger partial charge in [-0.05, 0) is 89.3 Å². The summed E-state index contributed by atoms with van der Waals surface area (Å²) in [7, 11) is 0. The van der Waals surface area contributed by atoms with E-state index in [-0.39, 0.29) is 12.1 Å². The summed E-state index contributed by atoms with van der Waals surface area (Å²) in [4.78, 5) is 12.3. The summed E-state index contributed by atoms with van der Waals surface area (Å²) in [6.45, 7) is 19.1. The van der Waals surface area contributed by atoms with E-state index in [9.17, 15) is 0 Å². The lowest BCUT2D eigenvalue weighted by atomic mass is 9.96. The van der Waals surface area contributed by atoms with E-state index in [2.05, 4.69) is 108 Å². The lowest BCUT2D eigenvalue weighted by Crippen LogP contribution is -2.62. The second kappa shape index (κ2) is 7.62. The zero-order chi connectivity index (χ0) is 24.5. The van der Waals surface area contributed by atoms with Crippen LogP contribution in [0, 0.1) is 41.5 Å². The van der Waals surface area contributed by atoms with E-state index in [4.69, 9.17) is 14.8 Å². The quantitative estimate of drug-likeness (QED) is 0.552. The number of hydrazine groups is 1. The van der Waals surface area contributed by atoms with Crippen molar-refractivity contribution < 1.29 is 9.68 Å². The van der Waals surface area contributed by atoms with E-state index in [1.54, 1.807) is 0 Å². The van der Waals surface area contributed by atoms with Crippen LogP contribution in [-0.4, -0.2) is 39.6 Å². The molecule has 5 rings (SSSR count). The van der Waals surface area contributed by atoms with Crippen LogP contribution in [0.4, 0.5) is 0 Å². The predicted octanol–water partition coefficient (Wildman–Crippen LogP) is 5.57. The summed E-state index contributed by atoms with van der Waals surface area (Å²) in [5.74, 6) is 1.58. The summed E-state index contributed by atoms with van der Waals surface area (Å²) in [5, 5.41) is 13.8. The number of amidine groups is 2. The molecule has 0 aliphatic carbocycles. The van der Waals surface area contributed by atoms with Crippen LogP contribution in [-0.2, 0) is 9.68 Å². The normalized spacial score (nSPS) is 25.6. The van der Waals surface area contributed by atoms with Gasteiger partial charge in [-0.25, -0.2) is 5.01 Å². The lowest BCUT2D eigenvalue weighted by Gasteiger charge is -2.46. The van der Waals surface area contributed by atoms with Crippen LogP contribution in [0.5, 0.6) is 0 Å². The van der Waals surface area contributed by atoms with E-state index in [0.717, 1.165) is 28.4 Å². The van der Waals surface area contributed by atoms with Crippen LogP contribution in [0.25, 0.3) is 0 Å². The Balaban J connectivity index is 1.74. The third kappa shape index (κ3) is 3.23. The van der Waals surface area contributed by atoms with Gasteiger partial charge in [-0.3, -0.25) is 5.01 Å². The monoisotopic (exact) mass is 458 g/mol. The Labute approximate surface area is 202 Å². The van der Waals surface area contributed by atoms with Gasteiger partial charge in [-0.15, -0.1) is 0 Å². The summed E-state index contributed by atoms with van der Waals surface area (Å²) >= 11 is 0. The Bertz CT molecular complexity index is 1250. The number of fused-ring (bicyclic) bond motifs is 4. The number of hydrogen-bond acceptors (Lipinski definition) is 6. The molecule has 34 heavy (non-hydrogen) atoms. The Morgan fingerprint density at radius 3 is 1.79 bits per heavy atom. The predicted molar refractivity (Wildman–Crippen MR) is 136 cm³/mol. The first-order valence-electron chi connectivity index (χ1n) is 12.0. The van der Waals surface area contributed by atoms with Gasteiger partial charge < -0.3 is 9.68 Å². The van der Waals surface area contributed by atoms with Crippen molar-refractivity contribution in [3.8, 4) is 0 Å². The zero-order valence-electron chi connectivity index (χ0n) is 21.6. The highest BCUT2D eigenvalue weighted by molar-refractivity contribution is 6.07. The van der Waals surface area contributed by atoms with Crippen molar-refractivity contribution in [1.29, 1.82) is 0 Å². The second-order valence-corrected chi connectivity index (χ2v) is 10.3. The van der Waals surface area contributed by atoms with E-state index < -0.39 is 5.72 Å². The summed E-state index contributed by atoms with van der Waals surface area (Å²) in [6, 6.07) is 8.80. The summed E-state index contributed by atoms with van der Waals surface area (Å²) < 4.78 is 0. The molecule has 0 radical (unpaired) electrons. The molecular formula is C28H34N4O2. The first-order valence-corrected chi connectivity index (χ1v) is 12.0. The number of oxime groups is 2. The van der Waals surface area contributed by atoms with Gasteiger partial charge in [-0.1, -0.05) is 45.7 Å². The maximum atomic E-state index is 6.21. The molecule has 0 saturated carbocycles.